The molecule has 18 heavy (non-hydrogen) atoms. The quantitative estimate of drug-likeness (QED) is 0.752. The first kappa shape index (κ1) is 15.3. The van der Waals surface area contributed by atoms with Crippen molar-refractivity contribution in [3.8, 4) is 5.75 Å². The Morgan fingerprint density at radius 1 is 1.28 bits per heavy atom. The molecule has 0 unspecified atom stereocenters. The van der Waals surface area contributed by atoms with Crippen molar-refractivity contribution in [2.45, 2.75) is 46.6 Å². The van der Waals surface area contributed by atoms with Crippen LogP contribution in [0.2, 0.25) is 5.02 Å². The summed E-state index contributed by atoms with van der Waals surface area (Å²) in [5.74, 6) is 0.945. The fraction of sp³-hybridized carbons (Fsp3) is 0.600. The fourth-order valence-electron chi connectivity index (χ4n) is 1.67. The minimum Gasteiger partial charge on any atom is -0.493 e. The fourth-order valence-corrected chi connectivity index (χ4v) is 1.87. The van der Waals surface area contributed by atoms with Crippen molar-refractivity contribution in [1.29, 1.82) is 0 Å². The van der Waals surface area contributed by atoms with Crippen molar-refractivity contribution in [1.82, 2.24) is 5.32 Å². The lowest BCUT2D eigenvalue weighted by Gasteiger charge is -2.13. The smallest absolute Gasteiger partial charge is 0.122 e. The Bertz CT molecular complexity index is 379. The summed E-state index contributed by atoms with van der Waals surface area (Å²) >= 11 is 6.05. The van der Waals surface area contributed by atoms with E-state index in [4.69, 9.17) is 16.3 Å². The van der Waals surface area contributed by atoms with Crippen LogP contribution in [0.5, 0.6) is 5.75 Å². The van der Waals surface area contributed by atoms with Gasteiger partial charge in [-0.25, -0.2) is 0 Å². The van der Waals surface area contributed by atoms with Crippen molar-refractivity contribution in [3.05, 3.63) is 28.3 Å². The molecule has 0 aliphatic carbocycles. The van der Waals surface area contributed by atoms with Gasteiger partial charge in [-0.3, -0.25) is 0 Å². The molecule has 0 saturated carbocycles. The first-order valence-electron chi connectivity index (χ1n) is 6.68. The topological polar surface area (TPSA) is 21.3 Å². The molecule has 0 heterocycles. The zero-order valence-corrected chi connectivity index (χ0v) is 12.6. The molecule has 0 fully saturated rings. The molecule has 0 aliphatic rings. The van der Waals surface area contributed by atoms with E-state index in [1.165, 1.54) is 0 Å². The van der Waals surface area contributed by atoms with Crippen LogP contribution >= 0.6 is 11.6 Å². The number of hydrogen-bond acceptors (Lipinski definition) is 2. The molecule has 1 rings (SSSR count). The molecule has 0 amide bonds. The minimum atomic E-state index is 0.588. The maximum Gasteiger partial charge on any atom is 0.122 e. The van der Waals surface area contributed by atoms with E-state index >= 15 is 0 Å². The maximum atomic E-state index is 6.05. The molecule has 1 aromatic rings. The second-order valence-electron chi connectivity index (χ2n) is 4.76. The van der Waals surface area contributed by atoms with E-state index in [9.17, 15) is 0 Å². The average molecular weight is 270 g/mol. The van der Waals surface area contributed by atoms with Crippen molar-refractivity contribution in [2.24, 2.45) is 0 Å². The van der Waals surface area contributed by atoms with Gasteiger partial charge < -0.3 is 10.1 Å². The monoisotopic (exact) mass is 269 g/mol. The summed E-state index contributed by atoms with van der Waals surface area (Å²) in [4.78, 5) is 0. The highest BCUT2D eigenvalue weighted by molar-refractivity contribution is 6.31. The highest BCUT2D eigenvalue weighted by Gasteiger charge is 2.05. The van der Waals surface area contributed by atoms with Gasteiger partial charge in [0.05, 0.1) is 6.61 Å². The van der Waals surface area contributed by atoms with Gasteiger partial charge >= 0.3 is 0 Å². The first-order chi connectivity index (χ1) is 8.56. The van der Waals surface area contributed by atoms with Crippen LogP contribution < -0.4 is 10.1 Å². The van der Waals surface area contributed by atoms with Crippen LogP contribution in [-0.4, -0.2) is 19.2 Å². The Hall–Kier alpha value is -0.730. The van der Waals surface area contributed by atoms with Crippen molar-refractivity contribution < 1.29 is 4.74 Å². The first-order valence-corrected chi connectivity index (χ1v) is 7.06. The summed E-state index contributed by atoms with van der Waals surface area (Å²) in [5.41, 5.74) is 2.24. The molecule has 1 atom stereocenters. The summed E-state index contributed by atoms with van der Waals surface area (Å²) in [6.07, 6.45) is 2.18. The van der Waals surface area contributed by atoms with E-state index in [0.29, 0.717) is 6.04 Å². The molecule has 0 saturated heterocycles. The van der Waals surface area contributed by atoms with E-state index in [1.54, 1.807) is 0 Å². The van der Waals surface area contributed by atoms with Gasteiger partial charge in [-0.15, -0.1) is 0 Å². The maximum absolute atomic E-state index is 6.05. The second-order valence-corrected chi connectivity index (χ2v) is 5.17. The molecule has 0 aliphatic heterocycles. The van der Waals surface area contributed by atoms with Gasteiger partial charge in [0.1, 0.15) is 5.75 Å². The Kier molecular flexibility index (Phi) is 6.51. The van der Waals surface area contributed by atoms with Crippen molar-refractivity contribution in [3.63, 3.8) is 0 Å². The van der Waals surface area contributed by atoms with E-state index < -0.39 is 0 Å². The van der Waals surface area contributed by atoms with Crippen LogP contribution in [0.4, 0.5) is 0 Å². The van der Waals surface area contributed by atoms with Crippen LogP contribution in [0, 0.1) is 13.8 Å². The summed E-state index contributed by atoms with van der Waals surface area (Å²) in [7, 11) is 0. The molecule has 2 nitrogen and oxygen atoms in total. The van der Waals surface area contributed by atoms with Crippen LogP contribution in [0.15, 0.2) is 12.1 Å². The molecule has 0 bridgehead atoms. The average Bonchev–Trinajstić information content (AvgIpc) is 2.37. The molecule has 0 aromatic heterocycles. The lowest BCUT2D eigenvalue weighted by molar-refractivity contribution is 0.303. The molecule has 1 N–H and O–H groups in total. The SMILES string of the molecule is CC[C@@H](C)NCCCOc1ccc(Cl)c(C)c1C. The van der Waals surface area contributed by atoms with Crippen LogP contribution in [-0.2, 0) is 0 Å². The van der Waals surface area contributed by atoms with Gasteiger partial charge in [0.15, 0.2) is 0 Å². The predicted molar refractivity (Wildman–Crippen MR) is 78.8 cm³/mol. The third kappa shape index (κ3) is 4.51. The van der Waals surface area contributed by atoms with E-state index in [0.717, 1.165) is 47.9 Å². The molecule has 3 heteroatoms. The van der Waals surface area contributed by atoms with Gasteiger partial charge in [0.2, 0.25) is 0 Å². The molecule has 1 aromatic carbocycles. The third-order valence-electron chi connectivity index (χ3n) is 3.36. The number of rotatable bonds is 7. The predicted octanol–water partition coefficient (Wildman–Crippen LogP) is 4.11. The highest BCUT2D eigenvalue weighted by Crippen LogP contribution is 2.27. The van der Waals surface area contributed by atoms with Gasteiger partial charge in [0.25, 0.3) is 0 Å². The van der Waals surface area contributed by atoms with E-state index in [-0.39, 0.29) is 0 Å². The molecular weight excluding hydrogens is 246 g/mol. The highest BCUT2D eigenvalue weighted by atomic mass is 35.5. The lowest BCUT2D eigenvalue weighted by atomic mass is 10.1. The Morgan fingerprint density at radius 2 is 2.00 bits per heavy atom. The summed E-state index contributed by atoms with van der Waals surface area (Å²) < 4.78 is 5.79. The van der Waals surface area contributed by atoms with E-state index in [1.807, 2.05) is 26.0 Å². The summed E-state index contributed by atoms with van der Waals surface area (Å²) in [5, 5.41) is 4.26. The van der Waals surface area contributed by atoms with Gasteiger partial charge in [0, 0.05) is 11.1 Å². The molecular formula is C15H24ClNO. The van der Waals surface area contributed by atoms with Crippen molar-refractivity contribution >= 4 is 11.6 Å². The normalized spacial score (nSPS) is 12.5. The zero-order chi connectivity index (χ0) is 13.5. The minimum absolute atomic E-state index is 0.588. The van der Waals surface area contributed by atoms with Crippen LogP contribution in [0.25, 0.3) is 0 Å². The second kappa shape index (κ2) is 7.65. The summed E-state index contributed by atoms with van der Waals surface area (Å²) in [6, 6.07) is 4.44. The summed E-state index contributed by atoms with van der Waals surface area (Å²) in [6.45, 7) is 10.2. The van der Waals surface area contributed by atoms with Gasteiger partial charge in [-0.2, -0.15) is 0 Å². The Balaban J connectivity index is 2.34. The third-order valence-corrected chi connectivity index (χ3v) is 3.76. The van der Waals surface area contributed by atoms with Crippen LogP contribution in [0.1, 0.15) is 37.8 Å². The molecule has 0 spiro atoms. The van der Waals surface area contributed by atoms with Crippen LogP contribution in [0.3, 0.4) is 0 Å². The Morgan fingerprint density at radius 3 is 2.67 bits per heavy atom. The van der Waals surface area contributed by atoms with Gasteiger partial charge in [-0.05, 0) is 63.4 Å². The largest absolute Gasteiger partial charge is 0.493 e. The number of nitrogens with one attached hydrogen (secondary N) is 1. The Labute approximate surface area is 116 Å². The number of ether oxygens (including phenoxy) is 1. The van der Waals surface area contributed by atoms with Gasteiger partial charge in [-0.1, -0.05) is 18.5 Å². The number of benzene rings is 1. The zero-order valence-electron chi connectivity index (χ0n) is 11.8. The standard InChI is InChI=1S/C15H24ClNO/c1-5-11(2)17-9-6-10-18-15-8-7-14(16)12(3)13(15)4/h7-8,11,17H,5-6,9-10H2,1-4H3/t11-/m1/s1. The lowest BCUT2D eigenvalue weighted by Crippen LogP contribution is -2.27. The van der Waals surface area contributed by atoms with E-state index in [2.05, 4.69) is 19.2 Å². The number of halogens is 1. The molecule has 0 radical (unpaired) electrons. The van der Waals surface area contributed by atoms with Crippen molar-refractivity contribution in [2.75, 3.05) is 13.2 Å². The molecule has 102 valence electrons. The number of hydrogen-bond donors (Lipinski definition) is 1.